The van der Waals surface area contributed by atoms with Crippen molar-refractivity contribution >= 4 is 0 Å². The highest BCUT2D eigenvalue weighted by molar-refractivity contribution is 4.82. The number of hydrogen-bond acceptors (Lipinski definition) is 4. The van der Waals surface area contributed by atoms with Crippen molar-refractivity contribution in [1.29, 1.82) is 0 Å². The van der Waals surface area contributed by atoms with Crippen LogP contribution in [-0.2, 0) is 9.47 Å². The molecule has 0 saturated carbocycles. The Morgan fingerprint density at radius 2 is 2.13 bits per heavy atom. The molecule has 0 aromatic rings. The van der Waals surface area contributed by atoms with E-state index in [9.17, 15) is 0 Å². The molecule has 0 spiro atoms. The third-order valence-electron chi connectivity index (χ3n) is 2.39. The number of methoxy groups -OCH3 is 1. The molecule has 1 saturated heterocycles. The molecular formula is C11H24N2O2. The highest BCUT2D eigenvalue weighted by atomic mass is 16.5. The normalized spacial score (nSPS) is 29.4. The lowest BCUT2D eigenvalue weighted by atomic mass is 10.1. The summed E-state index contributed by atoms with van der Waals surface area (Å²) >= 11 is 0. The summed E-state index contributed by atoms with van der Waals surface area (Å²) in [5.41, 5.74) is 5.87. The second-order valence-electron chi connectivity index (χ2n) is 5.21. The van der Waals surface area contributed by atoms with Crippen molar-refractivity contribution in [2.24, 2.45) is 5.73 Å². The van der Waals surface area contributed by atoms with E-state index in [-0.39, 0.29) is 17.7 Å². The first-order valence-corrected chi connectivity index (χ1v) is 5.56. The third-order valence-corrected chi connectivity index (χ3v) is 2.39. The molecule has 1 aliphatic heterocycles. The Bertz CT molecular complexity index is 192. The first kappa shape index (κ1) is 12.9. The Kier molecular flexibility index (Phi) is 4.52. The molecule has 0 aromatic carbocycles. The fourth-order valence-electron chi connectivity index (χ4n) is 2.12. The van der Waals surface area contributed by atoms with Gasteiger partial charge in [0.15, 0.2) is 0 Å². The Labute approximate surface area is 92.7 Å². The van der Waals surface area contributed by atoms with Crippen LogP contribution in [0.1, 0.15) is 20.8 Å². The third kappa shape index (κ3) is 4.93. The Morgan fingerprint density at radius 3 is 2.67 bits per heavy atom. The maximum absolute atomic E-state index is 6.02. The van der Waals surface area contributed by atoms with Crippen molar-refractivity contribution < 1.29 is 9.47 Å². The molecule has 4 heteroatoms. The second-order valence-corrected chi connectivity index (χ2v) is 5.21. The van der Waals surface area contributed by atoms with Gasteiger partial charge < -0.3 is 15.2 Å². The predicted octanol–water partition coefficient (Wildman–Crippen LogP) is 0.459. The van der Waals surface area contributed by atoms with Gasteiger partial charge in [0.2, 0.25) is 0 Å². The first-order valence-electron chi connectivity index (χ1n) is 5.56. The van der Waals surface area contributed by atoms with Gasteiger partial charge in [-0.3, -0.25) is 4.90 Å². The lowest BCUT2D eigenvalue weighted by Crippen LogP contribution is -2.54. The number of rotatable bonds is 4. The maximum atomic E-state index is 6.02. The van der Waals surface area contributed by atoms with E-state index in [4.69, 9.17) is 15.2 Å². The molecule has 0 radical (unpaired) electrons. The molecule has 0 aromatic heterocycles. The van der Waals surface area contributed by atoms with Crippen LogP contribution in [0, 0.1) is 0 Å². The van der Waals surface area contributed by atoms with Crippen LogP contribution in [0.25, 0.3) is 0 Å². The van der Waals surface area contributed by atoms with Crippen LogP contribution in [-0.4, -0.2) is 56.0 Å². The number of morpholine rings is 1. The summed E-state index contributed by atoms with van der Waals surface area (Å²) < 4.78 is 10.9. The molecule has 2 N–H and O–H groups in total. The molecule has 1 heterocycles. The van der Waals surface area contributed by atoms with Crippen molar-refractivity contribution in [1.82, 2.24) is 4.90 Å². The van der Waals surface area contributed by atoms with E-state index in [1.54, 1.807) is 7.11 Å². The molecule has 4 nitrogen and oxygen atoms in total. The van der Waals surface area contributed by atoms with E-state index in [0.717, 1.165) is 19.6 Å². The number of hydrogen-bond donors (Lipinski definition) is 1. The average molecular weight is 216 g/mol. The van der Waals surface area contributed by atoms with Crippen molar-refractivity contribution in [3.63, 3.8) is 0 Å². The minimum Gasteiger partial charge on any atom is -0.382 e. The minimum absolute atomic E-state index is 0.144. The Hall–Kier alpha value is -0.160. The van der Waals surface area contributed by atoms with Gasteiger partial charge in [-0.2, -0.15) is 0 Å². The SMILES string of the molecule is COCC1CN(CC(C)(C)N)CC(C)O1. The highest BCUT2D eigenvalue weighted by Gasteiger charge is 2.27. The zero-order chi connectivity index (χ0) is 11.5. The van der Waals surface area contributed by atoms with Crippen molar-refractivity contribution in [3.8, 4) is 0 Å². The zero-order valence-electron chi connectivity index (χ0n) is 10.3. The fraction of sp³-hybridized carbons (Fsp3) is 1.00. The van der Waals surface area contributed by atoms with Gasteiger partial charge in [0.25, 0.3) is 0 Å². The van der Waals surface area contributed by atoms with Crippen LogP contribution in [0.5, 0.6) is 0 Å². The van der Waals surface area contributed by atoms with E-state index >= 15 is 0 Å². The molecule has 1 rings (SSSR count). The lowest BCUT2D eigenvalue weighted by Gasteiger charge is -2.39. The Morgan fingerprint density at radius 1 is 1.47 bits per heavy atom. The van der Waals surface area contributed by atoms with Gasteiger partial charge in [0, 0.05) is 32.3 Å². The molecule has 15 heavy (non-hydrogen) atoms. The number of ether oxygens (including phenoxy) is 2. The summed E-state index contributed by atoms with van der Waals surface area (Å²) in [7, 11) is 1.71. The summed E-state index contributed by atoms with van der Waals surface area (Å²) in [6, 6.07) is 0. The van der Waals surface area contributed by atoms with Crippen molar-refractivity contribution in [2.75, 3.05) is 33.4 Å². The summed E-state index contributed by atoms with van der Waals surface area (Å²) in [5, 5.41) is 0. The largest absolute Gasteiger partial charge is 0.382 e. The molecule has 0 aliphatic carbocycles. The molecular weight excluding hydrogens is 192 g/mol. The van der Waals surface area contributed by atoms with Gasteiger partial charge in [-0.25, -0.2) is 0 Å². The van der Waals surface area contributed by atoms with E-state index < -0.39 is 0 Å². The average Bonchev–Trinajstić information content (AvgIpc) is 1.99. The van der Waals surface area contributed by atoms with Gasteiger partial charge in [-0.15, -0.1) is 0 Å². The molecule has 1 aliphatic rings. The Balaban J connectivity index is 2.44. The number of nitrogens with two attached hydrogens (primary N) is 1. The standard InChI is InChI=1S/C11H24N2O2/c1-9-5-13(8-11(2,3)12)6-10(15-9)7-14-4/h9-10H,5-8,12H2,1-4H3. The summed E-state index contributed by atoms with van der Waals surface area (Å²) in [6.07, 6.45) is 0.447. The molecule has 90 valence electrons. The number of nitrogens with zero attached hydrogens (tertiary/aromatic N) is 1. The highest BCUT2D eigenvalue weighted by Crippen LogP contribution is 2.13. The van der Waals surface area contributed by atoms with Crippen molar-refractivity contribution in [2.45, 2.75) is 38.5 Å². The van der Waals surface area contributed by atoms with Crippen LogP contribution >= 0.6 is 0 Å². The van der Waals surface area contributed by atoms with Crippen LogP contribution in [0.4, 0.5) is 0 Å². The molecule has 2 unspecified atom stereocenters. The first-order chi connectivity index (χ1) is 6.90. The van der Waals surface area contributed by atoms with Gasteiger partial charge in [-0.1, -0.05) is 0 Å². The summed E-state index contributed by atoms with van der Waals surface area (Å²) in [4.78, 5) is 2.36. The second kappa shape index (κ2) is 5.25. The van der Waals surface area contributed by atoms with Gasteiger partial charge in [0.05, 0.1) is 18.8 Å². The van der Waals surface area contributed by atoms with Gasteiger partial charge >= 0.3 is 0 Å². The van der Waals surface area contributed by atoms with E-state index in [1.807, 2.05) is 0 Å². The van der Waals surface area contributed by atoms with E-state index in [1.165, 1.54) is 0 Å². The monoisotopic (exact) mass is 216 g/mol. The van der Waals surface area contributed by atoms with Gasteiger partial charge in [0.1, 0.15) is 0 Å². The fourth-order valence-corrected chi connectivity index (χ4v) is 2.12. The maximum Gasteiger partial charge on any atom is 0.0939 e. The predicted molar refractivity (Wildman–Crippen MR) is 60.9 cm³/mol. The quantitative estimate of drug-likeness (QED) is 0.741. The molecule has 0 bridgehead atoms. The van der Waals surface area contributed by atoms with Crippen LogP contribution < -0.4 is 5.73 Å². The minimum atomic E-state index is -0.144. The lowest BCUT2D eigenvalue weighted by molar-refractivity contribution is -0.103. The molecule has 0 amide bonds. The van der Waals surface area contributed by atoms with Crippen LogP contribution in [0.15, 0.2) is 0 Å². The smallest absolute Gasteiger partial charge is 0.0939 e. The van der Waals surface area contributed by atoms with E-state index in [0.29, 0.717) is 6.61 Å². The molecule has 1 fully saturated rings. The summed E-state index contributed by atoms with van der Waals surface area (Å²) in [5.74, 6) is 0. The topological polar surface area (TPSA) is 47.7 Å². The van der Waals surface area contributed by atoms with Gasteiger partial charge in [-0.05, 0) is 20.8 Å². The van der Waals surface area contributed by atoms with Crippen LogP contribution in [0.3, 0.4) is 0 Å². The zero-order valence-corrected chi connectivity index (χ0v) is 10.3. The van der Waals surface area contributed by atoms with E-state index in [2.05, 4.69) is 25.7 Å². The summed E-state index contributed by atoms with van der Waals surface area (Å²) in [6.45, 7) is 9.64. The van der Waals surface area contributed by atoms with Crippen LogP contribution in [0.2, 0.25) is 0 Å². The van der Waals surface area contributed by atoms with Crippen molar-refractivity contribution in [3.05, 3.63) is 0 Å². The molecule has 2 atom stereocenters.